The van der Waals surface area contributed by atoms with Crippen molar-refractivity contribution in [2.75, 3.05) is 73.3 Å². The van der Waals surface area contributed by atoms with Gasteiger partial charge in [0.25, 0.3) is 0 Å². The van der Waals surface area contributed by atoms with Crippen molar-refractivity contribution < 1.29 is 4.74 Å². The van der Waals surface area contributed by atoms with Crippen LogP contribution in [-0.4, -0.2) is 77.2 Å². The SMILES string of the molecule is Nc1nc(Nc2ccc(N3CCOCC3)cc2)nn1-c1cc(N2CCNCC2)ncn1. The van der Waals surface area contributed by atoms with Gasteiger partial charge in [0.15, 0.2) is 5.82 Å². The Balaban J connectivity index is 1.30. The van der Waals surface area contributed by atoms with E-state index in [0.717, 1.165) is 64.0 Å². The summed E-state index contributed by atoms with van der Waals surface area (Å²) in [5.74, 6) is 2.12. The minimum Gasteiger partial charge on any atom is -0.378 e. The van der Waals surface area contributed by atoms with Crippen molar-refractivity contribution in [3.8, 4) is 5.82 Å². The van der Waals surface area contributed by atoms with Crippen LogP contribution in [0.2, 0.25) is 0 Å². The number of ether oxygens (including phenoxy) is 1. The average molecular weight is 422 g/mol. The number of morpholine rings is 1. The van der Waals surface area contributed by atoms with Crippen molar-refractivity contribution in [1.82, 2.24) is 30.0 Å². The van der Waals surface area contributed by atoms with Crippen LogP contribution >= 0.6 is 0 Å². The van der Waals surface area contributed by atoms with Crippen LogP contribution in [0.5, 0.6) is 0 Å². The molecule has 4 heterocycles. The number of benzene rings is 1. The first-order chi connectivity index (χ1) is 15.3. The number of hydrogen-bond donors (Lipinski definition) is 3. The summed E-state index contributed by atoms with van der Waals surface area (Å²) in [6.07, 6.45) is 1.53. The summed E-state index contributed by atoms with van der Waals surface area (Å²) in [5.41, 5.74) is 8.19. The molecule has 0 amide bonds. The van der Waals surface area contributed by atoms with Gasteiger partial charge in [0.05, 0.1) is 13.2 Å². The van der Waals surface area contributed by atoms with Gasteiger partial charge in [-0.1, -0.05) is 0 Å². The smallest absolute Gasteiger partial charge is 0.248 e. The molecule has 0 bridgehead atoms. The van der Waals surface area contributed by atoms with Crippen molar-refractivity contribution >= 4 is 29.1 Å². The molecule has 2 aliphatic rings. The molecule has 31 heavy (non-hydrogen) atoms. The minimum atomic E-state index is 0.261. The lowest BCUT2D eigenvalue weighted by Gasteiger charge is -2.28. The van der Waals surface area contributed by atoms with E-state index in [9.17, 15) is 0 Å². The van der Waals surface area contributed by atoms with Crippen LogP contribution in [0.3, 0.4) is 0 Å². The number of aromatic nitrogens is 5. The minimum absolute atomic E-state index is 0.261. The van der Waals surface area contributed by atoms with Crippen LogP contribution < -0.4 is 26.2 Å². The Morgan fingerprint density at radius 1 is 0.935 bits per heavy atom. The highest BCUT2D eigenvalue weighted by Crippen LogP contribution is 2.22. The molecule has 4 N–H and O–H groups in total. The highest BCUT2D eigenvalue weighted by atomic mass is 16.5. The summed E-state index contributed by atoms with van der Waals surface area (Å²) in [7, 11) is 0. The molecule has 2 aromatic heterocycles. The molecule has 0 saturated carbocycles. The van der Waals surface area contributed by atoms with Gasteiger partial charge in [-0.2, -0.15) is 9.67 Å². The third kappa shape index (κ3) is 4.37. The Labute approximate surface area is 180 Å². The molecular formula is C20H26N10O. The highest BCUT2D eigenvalue weighted by molar-refractivity contribution is 5.60. The van der Waals surface area contributed by atoms with Gasteiger partial charge < -0.3 is 30.9 Å². The molecule has 11 nitrogen and oxygen atoms in total. The van der Waals surface area contributed by atoms with E-state index < -0.39 is 0 Å². The molecular weight excluding hydrogens is 396 g/mol. The van der Waals surface area contributed by atoms with Gasteiger partial charge in [-0.25, -0.2) is 9.97 Å². The van der Waals surface area contributed by atoms with Crippen LogP contribution in [0.1, 0.15) is 0 Å². The fourth-order valence-corrected chi connectivity index (χ4v) is 3.77. The van der Waals surface area contributed by atoms with Gasteiger partial charge in [-0.15, -0.1) is 5.10 Å². The predicted molar refractivity (Wildman–Crippen MR) is 119 cm³/mol. The summed E-state index contributed by atoms with van der Waals surface area (Å²) in [6, 6.07) is 10.1. The van der Waals surface area contributed by atoms with Crippen molar-refractivity contribution in [2.24, 2.45) is 0 Å². The van der Waals surface area contributed by atoms with Gasteiger partial charge in [0.2, 0.25) is 11.9 Å². The maximum absolute atomic E-state index is 6.12. The first-order valence-corrected chi connectivity index (χ1v) is 10.5. The predicted octanol–water partition coefficient (Wildman–Crippen LogP) is 0.629. The number of nitrogens with zero attached hydrogens (tertiary/aromatic N) is 7. The summed E-state index contributed by atoms with van der Waals surface area (Å²) in [6.45, 7) is 7.01. The first-order valence-electron chi connectivity index (χ1n) is 10.5. The molecule has 0 spiro atoms. The van der Waals surface area contributed by atoms with Gasteiger partial charge in [0, 0.05) is 56.7 Å². The molecule has 3 aromatic rings. The van der Waals surface area contributed by atoms with E-state index in [1.54, 1.807) is 0 Å². The van der Waals surface area contributed by atoms with E-state index >= 15 is 0 Å². The zero-order chi connectivity index (χ0) is 21.0. The van der Waals surface area contributed by atoms with Gasteiger partial charge >= 0.3 is 0 Å². The van der Waals surface area contributed by atoms with E-state index in [-0.39, 0.29) is 5.95 Å². The average Bonchev–Trinajstić information content (AvgIpc) is 3.20. The van der Waals surface area contributed by atoms with Crippen molar-refractivity contribution in [3.63, 3.8) is 0 Å². The lowest BCUT2D eigenvalue weighted by Crippen LogP contribution is -2.43. The van der Waals surface area contributed by atoms with Crippen LogP contribution in [-0.2, 0) is 4.74 Å². The monoisotopic (exact) mass is 422 g/mol. The number of piperazine rings is 1. The van der Waals surface area contributed by atoms with E-state index in [4.69, 9.17) is 10.5 Å². The van der Waals surface area contributed by atoms with Gasteiger partial charge in [-0.05, 0) is 24.3 Å². The topological polar surface area (TPSA) is 122 Å². The maximum atomic E-state index is 6.12. The first kappa shape index (κ1) is 19.5. The molecule has 0 aliphatic carbocycles. The Hall–Kier alpha value is -3.44. The Morgan fingerprint density at radius 2 is 1.68 bits per heavy atom. The zero-order valence-corrected chi connectivity index (χ0v) is 17.2. The number of rotatable bonds is 5. The normalized spacial score (nSPS) is 17.0. The number of nitrogen functional groups attached to an aromatic ring is 1. The second-order valence-corrected chi connectivity index (χ2v) is 7.45. The fourth-order valence-electron chi connectivity index (χ4n) is 3.77. The molecule has 2 fully saturated rings. The van der Waals surface area contributed by atoms with E-state index in [1.807, 2.05) is 18.2 Å². The molecule has 2 aliphatic heterocycles. The quantitative estimate of drug-likeness (QED) is 0.539. The fraction of sp³-hybridized carbons (Fsp3) is 0.400. The molecule has 2 saturated heterocycles. The molecule has 0 atom stereocenters. The highest BCUT2D eigenvalue weighted by Gasteiger charge is 2.16. The number of anilines is 5. The van der Waals surface area contributed by atoms with Gasteiger partial charge in [-0.3, -0.25) is 0 Å². The van der Waals surface area contributed by atoms with Crippen LogP contribution in [0.15, 0.2) is 36.7 Å². The lowest BCUT2D eigenvalue weighted by molar-refractivity contribution is 0.122. The maximum Gasteiger partial charge on any atom is 0.248 e. The second kappa shape index (κ2) is 8.74. The lowest BCUT2D eigenvalue weighted by atomic mass is 10.2. The molecule has 162 valence electrons. The number of hydrogen-bond acceptors (Lipinski definition) is 10. The number of nitrogens with one attached hydrogen (secondary N) is 2. The standard InChI is InChI=1S/C20H26N10O/c21-19-26-20(25-15-1-3-16(4-2-15)28-9-11-31-12-10-28)27-30(19)18-13-17(23-14-24-18)29-7-5-22-6-8-29/h1-4,13-14,22H,5-12H2,(H3,21,25,26,27). The Kier molecular flexibility index (Phi) is 5.50. The molecule has 1 aromatic carbocycles. The Bertz CT molecular complexity index is 1010. The van der Waals surface area contributed by atoms with Crippen LogP contribution in [0, 0.1) is 0 Å². The van der Waals surface area contributed by atoms with Crippen molar-refractivity contribution in [2.45, 2.75) is 0 Å². The molecule has 5 rings (SSSR count). The van der Waals surface area contributed by atoms with Crippen LogP contribution in [0.25, 0.3) is 5.82 Å². The molecule has 0 radical (unpaired) electrons. The van der Waals surface area contributed by atoms with Crippen molar-refractivity contribution in [1.29, 1.82) is 0 Å². The van der Waals surface area contributed by atoms with E-state index in [1.165, 1.54) is 16.7 Å². The van der Waals surface area contributed by atoms with Crippen molar-refractivity contribution in [3.05, 3.63) is 36.7 Å². The third-order valence-electron chi connectivity index (χ3n) is 5.43. The van der Waals surface area contributed by atoms with E-state index in [0.29, 0.717) is 11.8 Å². The van der Waals surface area contributed by atoms with Gasteiger partial charge in [0.1, 0.15) is 12.1 Å². The second-order valence-electron chi connectivity index (χ2n) is 7.45. The molecule has 11 heteroatoms. The number of nitrogens with two attached hydrogens (primary N) is 1. The van der Waals surface area contributed by atoms with E-state index in [2.05, 4.69) is 52.6 Å². The van der Waals surface area contributed by atoms with Crippen LogP contribution in [0.4, 0.5) is 29.1 Å². The summed E-state index contributed by atoms with van der Waals surface area (Å²) < 4.78 is 6.94. The molecule has 0 unspecified atom stereocenters. The Morgan fingerprint density at radius 3 is 2.45 bits per heavy atom. The summed E-state index contributed by atoms with van der Waals surface area (Å²) in [5, 5.41) is 11.0. The zero-order valence-electron chi connectivity index (χ0n) is 17.2. The largest absolute Gasteiger partial charge is 0.378 e. The summed E-state index contributed by atoms with van der Waals surface area (Å²) >= 11 is 0. The third-order valence-corrected chi connectivity index (χ3v) is 5.43. The summed E-state index contributed by atoms with van der Waals surface area (Å²) in [4.78, 5) is 17.6.